The van der Waals surface area contributed by atoms with Crippen molar-refractivity contribution in [1.29, 1.82) is 0 Å². The van der Waals surface area contributed by atoms with Crippen molar-refractivity contribution in [3.63, 3.8) is 0 Å². The zero-order valence-corrected chi connectivity index (χ0v) is 18.1. The maximum Gasteiger partial charge on any atom is 0.255 e. The number of hydrogen-bond acceptors (Lipinski definition) is 3. The maximum atomic E-state index is 14.1. The lowest BCUT2D eigenvalue weighted by atomic mass is 9.87. The second-order valence-corrected chi connectivity index (χ2v) is 8.78. The van der Waals surface area contributed by atoms with E-state index in [1.807, 2.05) is 18.2 Å². The lowest BCUT2D eigenvalue weighted by molar-refractivity contribution is -0.137. The van der Waals surface area contributed by atoms with Gasteiger partial charge in [0.25, 0.3) is 11.8 Å². The zero-order valence-electron chi connectivity index (χ0n) is 18.1. The summed E-state index contributed by atoms with van der Waals surface area (Å²) >= 11 is 0. The highest BCUT2D eigenvalue weighted by Gasteiger charge is 2.59. The van der Waals surface area contributed by atoms with E-state index in [1.165, 1.54) is 24.3 Å². The van der Waals surface area contributed by atoms with Crippen LogP contribution >= 0.6 is 0 Å². The average Bonchev–Trinajstić information content (AvgIpc) is 3.46. The molecule has 0 bridgehead atoms. The van der Waals surface area contributed by atoms with Crippen molar-refractivity contribution in [2.24, 2.45) is 0 Å². The van der Waals surface area contributed by atoms with Crippen molar-refractivity contribution in [1.82, 2.24) is 19.8 Å². The molecule has 6 nitrogen and oxygen atoms in total. The van der Waals surface area contributed by atoms with Crippen molar-refractivity contribution in [2.45, 2.75) is 25.0 Å². The van der Waals surface area contributed by atoms with E-state index in [0.717, 1.165) is 16.6 Å². The molecule has 1 saturated heterocycles. The molecule has 1 fully saturated rings. The number of pyridine rings is 1. The highest BCUT2D eigenvalue weighted by atomic mass is 19.1. The lowest BCUT2D eigenvalue weighted by Crippen LogP contribution is -2.49. The van der Waals surface area contributed by atoms with Gasteiger partial charge >= 0.3 is 0 Å². The fraction of sp³-hybridized carbons (Fsp3) is 0.192. The minimum Gasteiger partial charge on any atom is -0.342 e. The predicted octanol–water partition coefficient (Wildman–Crippen LogP) is 4.12. The molecule has 34 heavy (non-hydrogen) atoms. The number of aromatic nitrogens is 2. The van der Waals surface area contributed by atoms with E-state index >= 15 is 0 Å². The summed E-state index contributed by atoms with van der Waals surface area (Å²) in [7, 11) is 0. The second-order valence-electron chi connectivity index (χ2n) is 8.78. The molecule has 2 aromatic carbocycles. The molecular formula is C26H20F2N4O2. The van der Waals surface area contributed by atoms with E-state index in [1.54, 1.807) is 34.2 Å². The molecule has 0 radical (unpaired) electrons. The number of fused-ring (bicyclic) bond motifs is 3. The van der Waals surface area contributed by atoms with Crippen LogP contribution in [0.25, 0.3) is 11.0 Å². The standard InChI is InChI=1S/C26H20F2N4O2/c27-18-5-3-16(4-6-18)14-31-11-9-26(25(31)34)22-8-7-19(28)13-21(22)24(33)32(26)15-20-12-17-2-1-10-29-23(17)30-20/h1-8,10,12-13H,9,11,14-15H2,(H,29,30)/t26-/m0/s1. The number of nitrogens with one attached hydrogen (secondary N) is 1. The molecule has 2 amide bonds. The fourth-order valence-corrected chi connectivity index (χ4v) is 5.22. The monoisotopic (exact) mass is 458 g/mol. The number of nitrogens with zero attached hydrogens (tertiary/aromatic N) is 3. The smallest absolute Gasteiger partial charge is 0.255 e. The first kappa shape index (κ1) is 20.5. The van der Waals surface area contributed by atoms with Crippen LogP contribution in [0.2, 0.25) is 0 Å². The Kier molecular flexibility index (Phi) is 4.52. The summed E-state index contributed by atoms with van der Waals surface area (Å²) in [5.74, 6) is -1.46. The third-order valence-corrected chi connectivity index (χ3v) is 6.81. The van der Waals surface area contributed by atoms with Gasteiger partial charge in [0.15, 0.2) is 0 Å². The molecule has 2 aliphatic rings. The van der Waals surface area contributed by atoms with Gasteiger partial charge in [-0.05, 0) is 48.0 Å². The van der Waals surface area contributed by atoms with Crippen molar-refractivity contribution in [2.75, 3.05) is 6.54 Å². The highest BCUT2D eigenvalue weighted by molar-refractivity contribution is 6.07. The van der Waals surface area contributed by atoms with Crippen LogP contribution < -0.4 is 0 Å². The van der Waals surface area contributed by atoms with Gasteiger partial charge in [0.05, 0.1) is 6.54 Å². The Hall–Kier alpha value is -4.07. The topological polar surface area (TPSA) is 69.3 Å². The van der Waals surface area contributed by atoms with Gasteiger partial charge in [0.1, 0.15) is 22.8 Å². The Bertz CT molecular complexity index is 1420. The molecule has 1 atom stereocenters. The van der Waals surface area contributed by atoms with Gasteiger partial charge in [-0.1, -0.05) is 18.2 Å². The number of carbonyl (C=O) groups excluding carboxylic acids is 2. The van der Waals surface area contributed by atoms with Gasteiger partial charge in [0, 0.05) is 47.9 Å². The van der Waals surface area contributed by atoms with E-state index < -0.39 is 11.4 Å². The molecule has 1 N–H and O–H groups in total. The molecule has 2 aliphatic heterocycles. The molecule has 4 aromatic rings. The van der Waals surface area contributed by atoms with Crippen LogP contribution in [0.15, 0.2) is 66.9 Å². The third-order valence-electron chi connectivity index (χ3n) is 6.81. The quantitative estimate of drug-likeness (QED) is 0.500. The molecule has 0 aliphatic carbocycles. The molecule has 6 rings (SSSR count). The Morgan fingerprint density at radius 1 is 0.971 bits per heavy atom. The Morgan fingerprint density at radius 2 is 1.76 bits per heavy atom. The van der Waals surface area contributed by atoms with Crippen molar-refractivity contribution < 1.29 is 18.4 Å². The molecule has 170 valence electrons. The predicted molar refractivity (Wildman–Crippen MR) is 120 cm³/mol. The number of H-pyrrole nitrogens is 1. The molecule has 2 aromatic heterocycles. The molecule has 1 spiro atoms. The van der Waals surface area contributed by atoms with Crippen molar-refractivity contribution in [3.8, 4) is 0 Å². The van der Waals surface area contributed by atoms with Gasteiger partial charge < -0.3 is 14.8 Å². The number of amides is 2. The van der Waals surface area contributed by atoms with E-state index in [2.05, 4.69) is 9.97 Å². The first-order chi connectivity index (χ1) is 16.5. The largest absolute Gasteiger partial charge is 0.342 e. The highest BCUT2D eigenvalue weighted by Crippen LogP contribution is 2.47. The Labute approximate surface area is 193 Å². The number of benzene rings is 2. The maximum absolute atomic E-state index is 14.1. The lowest BCUT2D eigenvalue weighted by Gasteiger charge is -2.34. The summed E-state index contributed by atoms with van der Waals surface area (Å²) in [6, 6.07) is 15.7. The summed E-state index contributed by atoms with van der Waals surface area (Å²) in [5.41, 5.74) is 1.75. The number of carbonyl (C=O) groups is 2. The first-order valence-corrected chi connectivity index (χ1v) is 11.0. The number of rotatable bonds is 4. The third kappa shape index (κ3) is 3.02. The molecule has 0 unspecified atom stereocenters. The second kappa shape index (κ2) is 7.48. The van der Waals surface area contributed by atoms with Crippen LogP contribution in [-0.4, -0.2) is 38.1 Å². The van der Waals surface area contributed by atoms with Crippen LogP contribution in [-0.2, 0) is 23.4 Å². The van der Waals surface area contributed by atoms with Gasteiger partial charge in [-0.3, -0.25) is 9.59 Å². The van der Waals surface area contributed by atoms with E-state index in [0.29, 0.717) is 30.7 Å². The van der Waals surface area contributed by atoms with Crippen LogP contribution in [0.5, 0.6) is 0 Å². The van der Waals surface area contributed by atoms with E-state index in [4.69, 9.17) is 0 Å². The van der Waals surface area contributed by atoms with Gasteiger partial charge in [-0.15, -0.1) is 0 Å². The summed E-state index contributed by atoms with van der Waals surface area (Å²) in [4.78, 5) is 38.2. The number of aromatic amines is 1. The van der Waals surface area contributed by atoms with E-state index in [-0.39, 0.29) is 29.7 Å². The van der Waals surface area contributed by atoms with E-state index in [9.17, 15) is 18.4 Å². The van der Waals surface area contributed by atoms with Crippen LogP contribution in [0, 0.1) is 11.6 Å². The number of hydrogen-bond donors (Lipinski definition) is 1. The number of halogens is 2. The Morgan fingerprint density at radius 3 is 2.56 bits per heavy atom. The molecule has 4 heterocycles. The Balaban J connectivity index is 1.40. The normalized spacial score (nSPS) is 19.6. The van der Waals surface area contributed by atoms with Crippen molar-refractivity contribution in [3.05, 3.63) is 101 Å². The summed E-state index contributed by atoms with van der Waals surface area (Å²) in [5, 5.41) is 0.900. The number of likely N-dealkylation sites (tertiary alicyclic amines) is 1. The fourth-order valence-electron chi connectivity index (χ4n) is 5.22. The first-order valence-electron chi connectivity index (χ1n) is 11.0. The van der Waals surface area contributed by atoms with Crippen LogP contribution in [0.1, 0.15) is 33.6 Å². The minimum atomic E-state index is -1.22. The summed E-state index contributed by atoms with van der Waals surface area (Å²) < 4.78 is 27.4. The molecular weight excluding hydrogens is 438 g/mol. The van der Waals surface area contributed by atoms with Crippen LogP contribution in [0.3, 0.4) is 0 Å². The van der Waals surface area contributed by atoms with Crippen molar-refractivity contribution >= 4 is 22.8 Å². The van der Waals surface area contributed by atoms with Crippen LogP contribution in [0.4, 0.5) is 8.78 Å². The SMILES string of the molecule is O=C1c2cc(F)ccc2[C@]2(CCN(Cc3ccc(F)cc3)C2=O)N1Cc1cc2cccnc2[nH]1. The summed E-state index contributed by atoms with van der Waals surface area (Å²) in [6.07, 6.45) is 2.06. The van der Waals surface area contributed by atoms with Gasteiger partial charge in [-0.2, -0.15) is 0 Å². The van der Waals surface area contributed by atoms with Gasteiger partial charge in [0.2, 0.25) is 0 Å². The zero-order chi connectivity index (χ0) is 23.4. The van der Waals surface area contributed by atoms with Gasteiger partial charge in [-0.25, -0.2) is 13.8 Å². The summed E-state index contributed by atoms with van der Waals surface area (Å²) in [6.45, 7) is 0.877. The minimum absolute atomic E-state index is 0.154. The molecule has 8 heteroatoms. The molecule has 0 saturated carbocycles. The average molecular weight is 458 g/mol.